The quantitative estimate of drug-likeness (QED) is 0.903. The number of aliphatic carboxylic acids is 1. The Hall–Kier alpha value is -1.91. The number of rotatable bonds is 4. The van der Waals surface area contributed by atoms with Crippen LogP contribution in [-0.2, 0) is 16.0 Å². The molecule has 4 nitrogen and oxygen atoms in total. The van der Waals surface area contributed by atoms with E-state index < -0.39 is 5.97 Å². The summed E-state index contributed by atoms with van der Waals surface area (Å²) in [4.78, 5) is 24.5. The lowest BCUT2D eigenvalue weighted by atomic mass is 10.1. The lowest BCUT2D eigenvalue weighted by molar-refractivity contribution is -0.139. The average Bonchev–Trinajstić information content (AvgIpc) is 2.76. The van der Waals surface area contributed by atoms with Crippen LogP contribution in [0.3, 0.4) is 0 Å². The molecule has 0 saturated carbocycles. The summed E-state index contributed by atoms with van der Waals surface area (Å²) in [6.07, 6.45) is 1.65. The number of benzene rings is 1. The first kappa shape index (κ1) is 13.5. The summed E-state index contributed by atoms with van der Waals surface area (Å²) in [7, 11) is 0. The first-order valence-corrected chi connectivity index (χ1v) is 6.32. The van der Waals surface area contributed by atoms with Crippen molar-refractivity contribution in [1.82, 2.24) is 4.90 Å². The molecule has 0 aromatic heterocycles. The van der Waals surface area contributed by atoms with Crippen molar-refractivity contribution >= 4 is 11.9 Å². The highest BCUT2D eigenvalue weighted by Gasteiger charge is 2.30. The van der Waals surface area contributed by atoms with Crippen LogP contribution in [-0.4, -0.2) is 34.5 Å². The average molecular weight is 265 g/mol. The van der Waals surface area contributed by atoms with Crippen LogP contribution in [0.5, 0.6) is 0 Å². The van der Waals surface area contributed by atoms with Crippen LogP contribution in [0.25, 0.3) is 0 Å². The van der Waals surface area contributed by atoms with Crippen molar-refractivity contribution in [2.24, 2.45) is 0 Å². The zero-order chi connectivity index (χ0) is 13.8. The maximum Gasteiger partial charge on any atom is 0.305 e. The molecule has 1 heterocycles. The largest absolute Gasteiger partial charge is 0.481 e. The van der Waals surface area contributed by atoms with Crippen molar-refractivity contribution < 1.29 is 19.1 Å². The topological polar surface area (TPSA) is 57.6 Å². The van der Waals surface area contributed by atoms with Crippen LogP contribution >= 0.6 is 0 Å². The number of carboxylic acids is 1. The molecule has 1 aliphatic heterocycles. The Morgan fingerprint density at radius 3 is 2.89 bits per heavy atom. The van der Waals surface area contributed by atoms with Gasteiger partial charge in [0, 0.05) is 12.6 Å². The smallest absolute Gasteiger partial charge is 0.305 e. The molecule has 0 radical (unpaired) electrons. The molecule has 102 valence electrons. The summed E-state index contributed by atoms with van der Waals surface area (Å²) >= 11 is 0. The standard InChI is InChI=1S/C14H16FNO3/c15-11-4-1-3-10(7-11)8-13(17)16-6-2-5-12(16)9-14(18)19/h1,3-4,7,12H,2,5-6,8-9H2,(H,18,19). The van der Waals surface area contributed by atoms with Gasteiger partial charge >= 0.3 is 5.97 Å². The molecular weight excluding hydrogens is 249 g/mol. The van der Waals surface area contributed by atoms with Gasteiger partial charge in [0.2, 0.25) is 5.91 Å². The van der Waals surface area contributed by atoms with E-state index in [9.17, 15) is 14.0 Å². The number of hydrogen-bond donors (Lipinski definition) is 1. The summed E-state index contributed by atoms with van der Waals surface area (Å²) in [5.41, 5.74) is 0.617. The molecule has 1 atom stereocenters. The zero-order valence-corrected chi connectivity index (χ0v) is 10.5. The van der Waals surface area contributed by atoms with Crippen LogP contribution in [0.4, 0.5) is 4.39 Å². The van der Waals surface area contributed by atoms with Gasteiger partial charge in [-0.15, -0.1) is 0 Å². The zero-order valence-electron chi connectivity index (χ0n) is 10.5. The van der Waals surface area contributed by atoms with E-state index in [-0.39, 0.29) is 30.6 Å². The van der Waals surface area contributed by atoms with Crippen LogP contribution in [0.15, 0.2) is 24.3 Å². The maximum atomic E-state index is 13.0. The molecule has 1 aromatic carbocycles. The molecule has 1 saturated heterocycles. The monoisotopic (exact) mass is 265 g/mol. The van der Waals surface area contributed by atoms with E-state index in [0.717, 1.165) is 12.8 Å². The van der Waals surface area contributed by atoms with Crippen molar-refractivity contribution in [3.05, 3.63) is 35.6 Å². The molecule has 2 rings (SSSR count). The molecule has 1 unspecified atom stereocenters. The molecule has 1 N–H and O–H groups in total. The first-order valence-electron chi connectivity index (χ1n) is 6.32. The fraction of sp³-hybridized carbons (Fsp3) is 0.429. The third-order valence-corrected chi connectivity index (χ3v) is 3.35. The number of nitrogens with zero attached hydrogens (tertiary/aromatic N) is 1. The second-order valence-electron chi connectivity index (χ2n) is 4.79. The first-order chi connectivity index (χ1) is 9.06. The number of carbonyl (C=O) groups excluding carboxylic acids is 1. The Morgan fingerprint density at radius 1 is 1.42 bits per heavy atom. The summed E-state index contributed by atoms with van der Waals surface area (Å²) in [5, 5.41) is 8.81. The van der Waals surface area contributed by atoms with Crippen LogP contribution in [0.2, 0.25) is 0 Å². The highest BCUT2D eigenvalue weighted by atomic mass is 19.1. The molecule has 1 fully saturated rings. The predicted octanol–water partition coefficient (Wildman–Crippen LogP) is 1.83. The van der Waals surface area contributed by atoms with Crippen LogP contribution in [0, 0.1) is 5.82 Å². The number of halogens is 1. The summed E-state index contributed by atoms with van der Waals surface area (Å²) in [6, 6.07) is 5.70. The predicted molar refractivity (Wildman–Crippen MR) is 67.1 cm³/mol. The minimum atomic E-state index is -0.893. The van der Waals surface area contributed by atoms with Crippen molar-refractivity contribution in [1.29, 1.82) is 0 Å². The van der Waals surface area contributed by atoms with Crippen molar-refractivity contribution in [2.45, 2.75) is 31.7 Å². The summed E-state index contributed by atoms with van der Waals surface area (Å²) in [5.74, 6) is -1.39. The third-order valence-electron chi connectivity index (χ3n) is 3.35. The Kier molecular flexibility index (Phi) is 4.14. The van der Waals surface area contributed by atoms with Crippen LogP contribution in [0.1, 0.15) is 24.8 Å². The molecule has 0 spiro atoms. The van der Waals surface area contributed by atoms with Gasteiger partial charge in [-0.1, -0.05) is 12.1 Å². The van der Waals surface area contributed by atoms with Gasteiger partial charge in [-0.25, -0.2) is 4.39 Å². The fourth-order valence-corrected chi connectivity index (χ4v) is 2.50. The molecular formula is C14H16FNO3. The Balaban J connectivity index is 2.01. The van der Waals surface area contributed by atoms with E-state index in [1.807, 2.05) is 0 Å². The molecule has 0 aliphatic carbocycles. The SMILES string of the molecule is O=C(O)CC1CCCN1C(=O)Cc1cccc(F)c1. The van der Waals surface area contributed by atoms with Gasteiger partial charge in [-0.05, 0) is 30.5 Å². The molecule has 1 aromatic rings. The van der Waals surface area contributed by atoms with Crippen LogP contribution < -0.4 is 0 Å². The van der Waals surface area contributed by atoms with Gasteiger partial charge in [-0.2, -0.15) is 0 Å². The second kappa shape index (κ2) is 5.82. The van der Waals surface area contributed by atoms with E-state index in [1.165, 1.54) is 12.1 Å². The maximum absolute atomic E-state index is 13.0. The molecule has 1 aliphatic rings. The Morgan fingerprint density at radius 2 is 2.21 bits per heavy atom. The fourth-order valence-electron chi connectivity index (χ4n) is 2.50. The Bertz CT molecular complexity index is 489. The lowest BCUT2D eigenvalue weighted by Gasteiger charge is -2.23. The van der Waals surface area contributed by atoms with E-state index in [0.29, 0.717) is 12.1 Å². The van der Waals surface area contributed by atoms with Crippen molar-refractivity contribution in [2.75, 3.05) is 6.54 Å². The number of carboxylic acid groups (broad SMARTS) is 1. The van der Waals surface area contributed by atoms with Gasteiger partial charge in [-0.3, -0.25) is 9.59 Å². The molecule has 19 heavy (non-hydrogen) atoms. The van der Waals surface area contributed by atoms with Gasteiger partial charge in [0.15, 0.2) is 0 Å². The summed E-state index contributed by atoms with van der Waals surface area (Å²) < 4.78 is 13.0. The van der Waals surface area contributed by atoms with Crippen molar-refractivity contribution in [3.63, 3.8) is 0 Å². The van der Waals surface area contributed by atoms with Gasteiger partial charge < -0.3 is 10.0 Å². The van der Waals surface area contributed by atoms with E-state index in [2.05, 4.69) is 0 Å². The van der Waals surface area contributed by atoms with E-state index in [1.54, 1.807) is 17.0 Å². The number of hydrogen-bond acceptors (Lipinski definition) is 2. The second-order valence-corrected chi connectivity index (χ2v) is 4.79. The lowest BCUT2D eigenvalue weighted by Crippen LogP contribution is -2.37. The highest BCUT2D eigenvalue weighted by molar-refractivity contribution is 5.80. The minimum absolute atomic E-state index is 0.0190. The van der Waals surface area contributed by atoms with E-state index in [4.69, 9.17) is 5.11 Å². The Labute approximate surface area is 110 Å². The third kappa shape index (κ3) is 3.53. The molecule has 1 amide bonds. The summed E-state index contributed by atoms with van der Waals surface area (Å²) in [6.45, 7) is 0.589. The minimum Gasteiger partial charge on any atom is -0.481 e. The number of carbonyl (C=O) groups is 2. The van der Waals surface area contributed by atoms with E-state index >= 15 is 0 Å². The van der Waals surface area contributed by atoms with Crippen molar-refractivity contribution in [3.8, 4) is 0 Å². The number of amides is 1. The number of likely N-dealkylation sites (tertiary alicyclic amines) is 1. The van der Waals surface area contributed by atoms with Gasteiger partial charge in [0.25, 0.3) is 0 Å². The van der Waals surface area contributed by atoms with Gasteiger partial charge in [0.1, 0.15) is 5.82 Å². The normalized spacial score (nSPS) is 18.6. The van der Waals surface area contributed by atoms with Gasteiger partial charge in [0.05, 0.1) is 12.8 Å². The highest BCUT2D eigenvalue weighted by Crippen LogP contribution is 2.21. The molecule has 5 heteroatoms. The molecule has 0 bridgehead atoms.